The van der Waals surface area contributed by atoms with Crippen molar-refractivity contribution in [3.8, 4) is 0 Å². The Hall–Kier alpha value is -1.71. The number of aryl methyl sites for hydroxylation is 1. The van der Waals surface area contributed by atoms with E-state index in [1.165, 1.54) is 5.56 Å². The quantitative estimate of drug-likeness (QED) is 0.863. The molecule has 1 aromatic carbocycles. The lowest BCUT2D eigenvalue weighted by Gasteiger charge is -2.22. The van der Waals surface area contributed by atoms with Crippen molar-refractivity contribution in [2.45, 2.75) is 18.9 Å². The molecule has 94 valence electrons. The van der Waals surface area contributed by atoms with E-state index in [9.17, 15) is 5.11 Å². The van der Waals surface area contributed by atoms with E-state index in [4.69, 9.17) is 5.73 Å². The summed E-state index contributed by atoms with van der Waals surface area (Å²) in [6.07, 6.45) is 2.76. The second-order valence-electron chi connectivity index (χ2n) is 4.49. The van der Waals surface area contributed by atoms with Crippen molar-refractivity contribution in [3.63, 3.8) is 0 Å². The van der Waals surface area contributed by atoms with Crippen LogP contribution in [0.5, 0.6) is 0 Å². The SMILES string of the molecule is Cc1cccc(C(CN)C(O)c2cccnc2)c1. The van der Waals surface area contributed by atoms with Crippen molar-refractivity contribution in [1.29, 1.82) is 0 Å². The third-order valence-corrected chi connectivity index (χ3v) is 3.13. The summed E-state index contributed by atoms with van der Waals surface area (Å²) in [6.45, 7) is 2.44. The minimum atomic E-state index is -0.620. The molecule has 0 aliphatic heterocycles. The van der Waals surface area contributed by atoms with Crippen molar-refractivity contribution in [3.05, 3.63) is 65.5 Å². The predicted molar refractivity (Wildman–Crippen MR) is 72.2 cm³/mol. The largest absolute Gasteiger partial charge is 0.388 e. The molecule has 0 bridgehead atoms. The fraction of sp³-hybridized carbons (Fsp3) is 0.267. The molecule has 2 aromatic rings. The Balaban J connectivity index is 2.29. The number of hydrogen-bond donors (Lipinski definition) is 2. The summed E-state index contributed by atoms with van der Waals surface area (Å²) >= 11 is 0. The number of nitrogens with zero attached hydrogens (tertiary/aromatic N) is 1. The number of benzene rings is 1. The van der Waals surface area contributed by atoms with E-state index in [2.05, 4.69) is 11.1 Å². The molecule has 3 nitrogen and oxygen atoms in total. The van der Waals surface area contributed by atoms with Gasteiger partial charge in [0.05, 0.1) is 6.10 Å². The Kier molecular flexibility index (Phi) is 4.07. The Bertz CT molecular complexity index is 499. The highest BCUT2D eigenvalue weighted by Crippen LogP contribution is 2.29. The summed E-state index contributed by atoms with van der Waals surface area (Å²) in [6, 6.07) is 11.8. The molecule has 18 heavy (non-hydrogen) atoms. The van der Waals surface area contributed by atoms with Crippen LogP contribution in [0.3, 0.4) is 0 Å². The highest BCUT2D eigenvalue weighted by atomic mass is 16.3. The van der Waals surface area contributed by atoms with Crippen LogP contribution in [-0.4, -0.2) is 16.6 Å². The fourth-order valence-electron chi connectivity index (χ4n) is 2.13. The van der Waals surface area contributed by atoms with Crippen molar-refractivity contribution in [2.75, 3.05) is 6.54 Å². The van der Waals surface area contributed by atoms with Gasteiger partial charge in [0.15, 0.2) is 0 Å². The van der Waals surface area contributed by atoms with Crippen LogP contribution in [0.4, 0.5) is 0 Å². The normalized spacial score (nSPS) is 14.2. The number of rotatable bonds is 4. The van der Waals surface area contributed by atoms with Crippen molar-refractivity contribution in [2.24, 2.45) is 5.73 Å². The second-order valence-corrected chi connectivity index (χ2v) is 4.49. The van der Waals surface area contributed by atoms with Crippen LogP contribution in [0.15, 0.2) is 48.8 Å². The van der Waals surface area contributed by atoms with E-state index in [-0.39, 0.29) is 5.92 Å². The summed E-state index contributed by atoms with van der Waals surface area (Å²) in [5.41, 5.74) is 8.85. The molecule has 0 fully saturated rings. The molecule has 2 atom stereocenters. The standard InChI is InChI=1S/C15H18N2O/c1-11-4-2-5-12(8-11)14(9-16)15(18)13-6-3-7-17-10-13/h2-8,10,14-15,18H,9,16H2,1H3. The van der Waals surface area contributed by atoms with E-state index in [0.29, 0.717) is 6.54 Å². The zero-order valence-corrected chi connectivity index (χ0v) is 10.5. The lowest BCUT2D eigenvalue weighted by atomic mass is 9.89. The predicted octanol–water partition coefficient (Wildman–Crippen LogP) is 2.17. The van der Waals surface area contributed by atoms with E-state index >= 15 is 0 Å². The van der Waals surface area contributed by atoms with Gasteiger partial charge in [0.25, 0.3) is 0 Å². The Morgan fingerprint density at radius 1 is 1.22 bits per heavy atom. The summed E-state index contributed by atoms with van der Waals surface area (Å²) in [7, 11) is 0. The van der Waals surface area contributed by atoms with E-state index < -0.39 is 6.10 Å². The lowest BCUT2D eigenvalue weighted by molar-refractivity contribution is 0.147. The molecule has 0 spiro atoms. The highest BCUT2D eigenvalue weighted by molar-refractivity contribution is 5.29. The third-order valence-electron chi connectivity index (χ3n) is 3.13. The van der Waals surface area contributed by atoms with Gasteiger partial charge in [-0.25, -0.2) is 0 Å². The van der Waals surface area contributed by atoms with E-state index in [1.807, 2.05) is 37.3 Å². The molecule has 1 aromatic heterocycles. The number of hydrogen-bond acceptors (Lipinski definition) is 3. The first-order chi connectivity index (χ1) is 8.72. The molecule has 2 unspecified atom stereocenters. The zero-order chi connectivity index (χ0) is 13.0. The van der Waals surface area contributed by atoms with Gasteiger partial charge in [-0.1, -0.05) is 35.9 Å². The molecule has 0 saturated carbocycles. The number of aliphatic hydroxyl groups excluding tert-OH is 1. The Labute approximate surface area is 107 Å². The molecule has 0 saturated heterocycles. The molecule has 3 heteroatoms. The Morgan fingerprint density at radius 3 is 2.61 bits per heavy atom. The first kappa shape index (κ1) is 12.7. The molecule has 0 aliphatic rings. The van der Waals surface area contributed by atoms with Crippen LogP contribution in [0, 0.1) is 6.92 Å². The van der Waals surface area contributed by atoms with Crippen LogP contribution in [0.2, 0.25) is 0 Å². The number of aromatic nitrogens is 1. The molecule has 3 N–H and O–H groups in total. The van der Waals surface area contributed by atoms with Gasteiger partial charge in [-0.3, -0.25) is 4.98 Å². The van der Waals surface area contributed by atoms with Gasteiger partial charge in [-0.2, -0.15) is 0 Å². The van der Waals surface area contributed by atoms with Crippen molar-refractivity contribution >= 4 is 0 Å². The van der Waals surface area contributed by atoms with Crippen LogP contribution < -0.4 is 5.73 Å². The maximum Gasteiger partial charge on any atom is 0.0885 e. The topological polar surface area (TPSA) is 59.1 Å². The van der Waals surface area contributed by atoms with Gasteiger partial charge in [-0.05, 0) is 24.1 Å². The number of pyridine rings is 1. The summed E-state index contributed by atoms with van der Waals surface area (Å²) in [5.74, 6) is -0.103. The maximum absolute atomic E-state index is 10.4. The molecule has 0 radical (unpaired) electrons. The zero-order valence-electron chi connectivity index (χ0n) is 10.5. The summed E-state index contributed by atoms with van der Waals surface area (Å²) in [5, 5.41) is 10.4. The minimum absolute atomic E-state index is 0.103. The van der Waals surface area contributed by atoms with Gasteiger partial charge in [0.1, 0.15) is 0 Å². The Morgan fingerprint density at radius 2 is 2.00 bits per heavy atom. The molecule has 0 aliphatic carbocycles. The van der Waals surface area contributed by atoms with Crippen LogP contribution in [0.1, 0.15) is 28.7 Å². The van der Waals surface area contributed by atoms with Crippen molar-refractivity contribution in [1.82, 2.24) is 4.98 Å². The maximum atomic E-state index is 10.4. The van der Waals surface area contributed by atoms with Gasteiger partial charge in [0, 0.05) is 24.9 Å². The van der Waals surface area contributed by atoms with Gasteiger partial charge >= 0.3 is 0 Å². The number of nitrogens with two attached hydrogens (primary N) is 1. The van der Waals surface area contributed by atoms with Crippen molar-refractivity contribution < 1.29 is 5.11 Å². The summed E-state index contributed by atoms with van der Waals surface area (Å²) < 4.78 is 0. The molecular formula is C15H18N2O. The molecule has 0 amide bonds. The average molecular weight is 242 g/mol. The lowest BCUT2D eigenvalue weighted by Crippen LogP contribution is -2.20. The highest BCUT2D eigenvalue weighted by Gasteiger charge is 2.21. The van der Waals surface area contributed by atoms with Gasteiger partial charge in [-0.15, -0.1) is 0 Å². The van der Waals surface area contributed by atoms with Gasteiger partial charge in [0.2, 0.25) is 0 Å². The molecular weight excluding hydrogens is 224 g/mol. The fourth-order valence-corrected chi connectivity index (χ4v) is 2.13. The monoisotopic (exact) mass is 242 g/mol. The smallest absolute Gasteiger partial charge is 0.0885 e. The average Bonchev–Trinajstić information content (AvgIpc) is 2.40. The third kappa shape index (κ3) is 2.75. The van der Waals surface area contributed by atoms with E-state index in [0.717, 1.165) is 11.1 Å². The first-order valence-corrected chi connectivity index (χ1v) is 6.07. The molecule has 2 rings (SSSR count). The summed E-state index contributed by atoms with van der Waals surface area (Å²) in [4.78, 5) is 4.03. The van der Waals surface area contributed by atoms with Crippen LogP contribution >= 0.6 is 0 Å². The second kappa shape index (κ2) is 5.76. The minimum Gasteiger partial charge on any atom is -0.388 e. The number of aliphatic hydroxyl groups is 1. The molecule has 1 heterocycles. The van der Waals surface area contributed by atoms with Crippen LogP contribution in [0.25, 0.3) is 0 Å². The van der Waals surface area contributed by atoms with E-state index in [1.54, 1.807) is 12.4 Å². The van der Waals surface area contributed by atoms with Gasteiger partial charge < -0.3 is 10.8 Å². The van der Waals surface area contributed by atoms with Crippen LogP contribution in [-0.2, 0) is 0 Å². The first-order valence-electron chi connectivity index (χ1n) is 6.07.